The maximum atomic E-state index is 10.6. The van der Waals surface area contributed by atoms with Crippen LogP contribution >= 0.6 is 0 Å². The summed E-state index contributed by atoms with van der Waals surface area (Å²) in [6.07, 6.45) is -20.6. The molecule has 0 aliphatic carbocycles. The number of aliphatic hydroxyl groups excluding tert-OH is 9. The van der Waals surface area contributed by atoms with Crippen molar-refractivity contribution in [2.75, 3.05) is 33.0 Å². The van der Waals surface area contributed by atoms with E-state index in [9.17, 15) is 46.0 Å². The molecule has 0 unspecified atom stereocenters. The van der Waals surface area contributed by atoms with Gasteiger partial charge in [0, 0.05) is 0 Å². The fourth-order valence-electron chi connectivity index (χ4n) is 4.13. The van der Waals surface area contributed by atoms with Gasteiger partial charge in [0.15, 0.2) is 18.9 Å². The summed E-state index contributed by atoms with van der Waals surface area (Å²) < 4.78 is 32.7. The Kier molecular flexibility index (Phi) is 11.2. The highest BCUT2D eigenvalue weighted by atomic mass is 16.8. The molecule has 0 aromatic carbocycles. The SMILES string of the molecule is NCCCO[C@@H]1O[C@H](CO[C@H]2O[C@H](CO)[C@@H](O)[C@H](O)[C@@H]2O[C@H]2O[C@H](CO)[C@@H](O)[C@H](O)[C@@H]2O)[C@@H](O)[C@@H]1O. The normalized spacial score (nSPS) is 47.8. The Hall–Kier alpha value is -0.640. The molecule has 16 heteroatoms. The molecular weight excluding hydrogens is 494 g/mol. The van der Waals surface area contributed by atoms with Crippen molar-refractivity contribution in [2.24, 2.45) is 5.73 Å². The van der Waals surface area contributed by atoms with Crippen LogP contribution < -0.4 is 5.73 Å². The minimum atomic E-state index is -1.81. The minimum absolute atomic E-state index is 0.182. The topological polar surface area (TPSA) is 263 Å². The zero-order chi connectivity index (χ0) is 26.6. The second-order valence-electron chi connectivity index (χ2n) is 8.88. The highest BCUT2D eigenvalue weighted by Crippen LogP contribution is 2.31. The molecule has 0 spiro atoms. The van der Waals surface area contributed by atoms with Gasteiger partial charge in [0.25, 0.3) is 0 Å². The van der Waals surface area contributed by atoms with Crippen LogP contribution in [0.15, 0.2) is 0 Å². The number of rotatable bonds is 11. The van der Waals surface area contributed by atoms with Crippen molar-refractivity contribution < 1.29 is 74.4 Å². The Labute approximate surface area is 206 Å². The molecule has 0 radical (unpaired) electrons. The summed E-state index contributed by atoms with van der Waals surface area (Å²) in [7, 11) is 0. The van der Waals surface area contributed by atoms with Crippen molar-refractivity contribution >= 4 is 0 Å². The molecule has 16 nitrogen and oxygen atoms in total. The quantitative estimate of drug-likeness (QED) is 0.111. The summed E-state index contributed by atoms with van der Waals surface area (Å²) >= 11 is 0. The van der Waals surface area contributed by atoms with Crippen LogP contribution in [0.1, 0.15) is 6.42 Å². The number of nitrogens with two attached hydrogens (primary N) is 1. The third kappa shape index (κ3) is 6.49. The Morgan fingerprint density at radius 2 is 1.11 bits per heavy atom. The fourth-order valence-corrected chi connectivity index (χ4v) is 4.13. The molecule has 0 bridgehead atoms. The van der Waals surface area contributed by atoms with E-state index >= 15 is 0 Å². The van der Waals surface area contributed by atoms with E-state index in [1.54, 1.807) is 0 Å². The number of aliphatic hydroxyl groups is 9. The van der Waals surface area contributed by atoms with E-state index in [1.807, 2.05) is 0 Å². The number of ether oxygens (including phenoxy) is 6. The summed E-state index contributed by atoms with van der Waals surface area (Å²) in [5, 5.41) is 90.4. The van der Waals surface area contributed by atoms with Crippen molar-refractivity contribution in [3.05, 3.63) is 0 Å². The molecule has 36 heavy (non-hydrogen) atoms. The molecule has 3 aliphatic heterocycles. The lowest BCUT2D eigenvalue weighted by molar-refractivity contribution is -0.369. The average molecular weight is 532 g/mol. The maximum Gasteiger partial charge on any atom is 0.187 e. The first-order chi connectivity index (χ1) is 17.1. The van der Waals surface area contributed by atoms with Gasteiger partial charge in [-0.1, -0.05) is 0 Å². The van der Waals surface area contributed by atoms with E-state index in [0.717, 1.165) is 0 Å². The van der Waals surface area contributed by atoms with E-state index < -0.39 is 106 Å². The van der Waals surface area contributed by atoms with E-state index in [2.05, 4.69) is 0 Å². The maximum absolute atomic E-state index is 10.6. The third-order valence-corrected chi connectivity index (χ3v) is 6.34. The lowest BCUT2D eigenvalue weighted by atomic mass is 9.97. The van der Waals surface area contributed by atoms with Crippen LogP contribution in [0.25, 0.3) is 0 Å². The van der Waals surface area contributed by atoms with Gasteiger partial charge in [-0.25, -0.2) is 0 Å². The summed E-state index contributed by atoms with van der Waals surface area (Å²) in [4.78, 5) is 0. The van der Waals surface area contributed by atoms with Crippen LogP contribution in [0.5, 0.6) is 0 Å². The van der Waals surface area contributed by atoms with E-state index in [1.165, 1.54) is 0 Å². The van der Waals surface area contributed by atoms with Crippen LogP contribution in [0.3, 0.4) is 0 Å². The average Bonchev–Trinajstić information content (AvgIpc) is 3.14. The van der Waals surface area contributed by atoms with Gasteiger partial charge in [-0.2, -0.15) is 0 Å². The van der Waals surface area contributed by atoms with Crippen molar-refractivity contribution in [3.63, 3.8) is 0 Å². The Morgan fingerprint density at radius 3 is 1.72 bits per heavy atom. The van der Waals surface area contributed by atoms with Gasteiger partial charge >= 0.3 is 0 Å². The Balaban J connectivity index is 1.68. The molecule has 14 atom stereocenters. The smallest absolute Gasteiger partial charge is 0.187 e. The summed E-state index contributed by atoms with van der Waals surface area (Å²) in [6, 6.07) is 0. The standard InChI is InChI=1S/C20H37NO15/c21-2-1-3-31-18-15(29)12(26)9(35-18)6-32-20-17(14(28)11(25)8(5-23)34-20)36-19-16(30)13(27)10(24)7(4-22)33-19/h7-20,22-30H,1-6,21H2/t7-,8-,9-,10-,11-,12-,13+,14+,15+,16+,17+,18-,19-,20+/m1/s1. The van der Waals surface area contributed by atoms with Gasteiger partial charge in [-0.05, 0) is 13.0 Å². The molecule has 3 rings (SSSR count). The molecule has 0 saturated carbocycles. The zero-order valence-electron chi connectivity index (χ0n) is 19.4. The highest BCUT2D eigenvalue weighted by Gasteiger charge is 2.51. The molecule has 0 amide bonds. The van der Waals surface area contributed by atoms with Crippen LogP contribution in [-0.4, -0.2) is 165 Å². The van der Waals surface area contributed by atoms with Crippen LogP contribution in [0.2, 0.25) is 0 Å². The summed E-state index contributed by atoms with van der Waals surface area (Å²) in [6.45, 7) is -1.32. The summed E-state index contributed by atoms with van der Waals surface area (Å²) in [5.74, 6) is 0. The second-order valence-corrected chi connectivity index (χ2v) is 8.88. The minimum Gasteiger partial charge on any atom is -0.394 e. The number of hydrogen-bond acceptors (Lipinski definition) is 16. The molecule has 0 aromatic rings. The largest absolute Gasteiger partial charge is 0.394 e. The predicted molar refractivity (Wildman–Crippen MR) is 113 cm³/mol. The molecule has 0 aromatic heterocycles. The number of hydrogen-bond donors (Lipinski definition) is 10. The lowest BCUT2D eigenvalue weighted by Crippen LogP contribution is -2.64. The van der Waals surface area contributed by atoms with Crippen LogP contribution in [0, 0.1) is 0 Å². The Bertz CT molecular complexity index is 661. The lowest BCUT2D eigenvalue weighted by Gasteiger charge is -2.46. The van der Waals surface area contributed by atoms with E-state index in [4.69, 9.17) is 34.2 Å². The predicted octanol–water partition coefficient (Wildman–Crippen LogP) is -6.56. The zero-order valence-corrected chi connectivity index (χ0v) is 19.4. The fraction of sp³-hybridized carbons (Fsp3) is 1.00. The van der Waals surface area contributed by atoms with Crippen molar-refractivity contribution in [1.82, 2.24) is 0 Å². The van der Waals surface area contributed by atoms with Gasteiger partial charge in [0.1, 0.15) is 67.1 Å². The second kappa shape index (κ2) is 13.4. The highest BCUT2D eigenvalue weighted by molar-refractivity contribution is 4.94. The van der Waals surface area contributed by atoms with Crippen molar-refractivity contribution in [2.45, 2.75) is 92.4 Å². The van der Waals surface area contributed by atoms with Gasteiger partial charge in [0.05, 0.1) is 26.4 Å². The van der Waals surface area contributed by atoms with E-state index in [-0.39, 0.29) is 6.61 Å². The monoisotopic (exact) mass is 531 g/mol. The molecule has 3 aliphatic rings. The molecular formula is C20H37NO15. The first kappa shape index (κ1) is 29.9. The molecule has 11 N–H and O–H groups in total. The molecule has 3 saturated heterocycles. The summed E-state index contributed by atoms with van der Waals surface area (Å²) in [5.41, 5.74) is 5.40. The molecule has 212 valence electrons. The first-order valence-corrected chi connectivity index (χ1v) is 11.7. The van der Waals surface area contributed by atoms with Crippen molar-refractivity contribution in [1.29, 1.82) is 0 Å². The van der Waals surface area contributed by atoms with Crippen LogP contribution in [0.4, 0.5) is 0 Å². The molecule has 3 fully saturated rings. The van der Waals surface area contributed by atoms with Gasteiger partial charge in [-0.3, -0.25) is 0 Å². The van der Waals surface area contributed by atoms with Gasteiger partial charge < -0.3 is 80.1 Å². The van der Waals surface area contributed by atoms with Gasteiger partial charge in [-0.15, -0.1) is 0 Å². The van der Waals surface area contributed by atoms with Crippen LogP contribution in [-0.2, 0) is 28.4 Å². The van der Waals surface area contributed by atoms with Crippen molar-refractivity contribution in [3.8, 4) is 0 Å². The first-order valence-electron chi connectivity index (χ1n) is 11.7. The Morgan fingerprint density at radius 1 is 0.583 bits per heavy atom. The van der Waals surface area contributed by atoms with E-state index in [0.29, 0.717) is 13.0 Å². The third-order valence-electron chi connectivity index (χ3n) is 6.34. The van der Waals surface area contributed by atoms with Gasteiger partial charge in [0.2, 0.25) is 0 Å². The molecule has 3 heterocycles.